The van der Waals surface area contributed by atoms with E-state index in [0.29, 0.717) is 23.8 Å². The first-order valence-electron chi connectivity index (χ1n) is 7.60. The number of carbonyl (C=O) groups is 1. The van der Waals surface area contributed by atoms with Gasteiger partial charge in [0, 0.05) is 12.0 Å². The molecule has 1 aromatic carbocycles. The van der Waals surface area contributed by atoms with Gasteiger partial charge in [0.25, 0.3) is 0 Å². The number of benzene rings is 1. The zero-order valence-corrected chi connectivity index (χ0v) is 12.0. The van der Waals surface area contributed by atoms with Crippen LogP contribution in [0.2, 0.25) is 0 Å². The fourth-order valence-electron chi connectivity index (χ4n) is 3.33. The fraction of sp³-hybridized carbons (Fsp3) is 0.588. The minimum Gasteiger partial charge on any atom is -0.294 e. The van der Waals surface area contributed by atoms with Crippen molar-refractivity contribution in [2.45, 2.75) is 51.9 Å². The third-order valence-electron chi connectivity index (χ3n) is 4.42. The lowest BCUT2D eigenvalue weighted by Gasteiger charge is -2.31. The average Bonchev–Trinajstić information content (AvgIpc) is 2.44. The maximum atomic E-state index is 13.2. The van der Waals surface area contributed by atoms with E-state index in [2.05, 4.69) is 6.92 Å². The van der Waals surface area contributed by atoms with Crippen LogP contribution in [0.5, 0.6) is 0 Å². The van der Waals surface area contributed by atoms with Gasteiger partial charge in [0.15, 0.2) is 17.4 Å². The van der Waals surface area contributed by atoms with Gasteiger partial charge in [-0.25, -0.2) is 8.78 Å². The summed E-state index contributed by atoms with van der Waals surface area (Å²) in [6, 6.07) is 3.45. The second kappa shape index (κ2) is 6.96. The van der Waals surface area contributed by atoms with Gasteiger partial charge in [0.1, 0.15) is 0 Å². The van der Waals surface area contributed by atoms with Crippen molar-refractivity contribution in [3.8, 4) is 0 Å². The molecule has 1 aromatic rings. The Hall–Kier alpha value is -1.25. The summed E-state index contributed by atoms with van der Waals surface area (Å²) >= 11 is 0. The number of hydrogen-bond donors (Lipinski definition) is 0. The van der Waals surface area contributed by atoms with E-state index in [1.807, 2.05) is 0 Å². The SMILES string of the molecule is CCCC1CCCCC1CC(=O)c1ccc(F)c(F)c1. The van der Waals surface area contributed by atoms with Crippen molar-refractivity contribution in [3.05, 3.63) is 35.4 Å². The summed E-state index contributed by atoms with van der Waals surface area (Å²) in [7, 11) is 0. The molecule has 0 aromatic heterocycles. The second-order valence-electron chi connectivity index (χ2n) is 5.85. The molecule has 1 fully saturated rings. The number of halogens is 2. The molecule has 1 saturated carbocycles. The van der Waals surface area contributed by atoms with Gasteiger partial charge in [-0.15, -0.1) is 0 Å². The summed E-state index contributed by atoms with van der Waals surface area (Å²) in [5, 5.41) is 0. The van der Waals surface area contributed by atoms with E-state index < -0.39 is 11.6 Å². The first-order chi connectivity index (χ1) is 9.61. The maximum Gasteiger partial charge on any atom is 0.163 e. The lowest BCUT2D eigenvalue weighted by atomic mass is 9.74. The van der Waals surface area contributed by atoms with E-state index >= 15 is 0 Å². The van der Waals surface area contributed by atoms with Crippen molar-refractivity contribution in [2.24, 2.45) is 11.8 Å². The quantitative estimate of drug-likeness (QED) is 0.682. The van der Waals surface area contributed by atoms with Crippen molar-refractivity contribution in [1.29, 1.82) is 0 Å². The van der Waals surface area contributed by atoms with Gasteiger partial charge in [-0.1, -0.05) is 39.0 Å². The Bertz CT molecular complexity index is 468. The predicted octanol–water partition coefficient (Wildman–Crippen LogP) is 5.14. The first-order valence-corrected chi connectivity index (χ1v) is 7.60. The van der Waals surface area contributed by atoms with E-state index in [1.54, 1.807) is 0 Å². The summed E-state index contributed by atoms with van der Waals surface area (Å²) in [6.07, 6.45) is 7.48. The lowest BCUT2D eigenvalue weighted by Crippen LogP contribution is -2.22. The standard InChI is InChI=1S/C17H22F2O/c1-2-5-12-6-3-4-7-13(12)11-17(20)14-8-9-15(18)16(19)10-14/h8-10,12-13H,2-7,11H2,1H3. The first kappa shape index (κ1) is 15.1. The Morgan fingerprint density at radius 2 is 1.85 bits per heavy atom. The zero-order valence-electron chi connectivity index (χ0n) is 12.0. The van der Waals surface area contributed by atoms with E-state index in [0.717, 1.165) is 31.4 Å². The topological polar surface area (TPSA) is 17.1 Å². The van der Waals surface area contributed by atoms with Crippen LogP contribution in [0.1, 0.15) is 62.2 Å². The number of ketones is 1. The van der Waals surface area contributed by atoms with Crippen LogP contribution in [-0.2, 0) is 0 Å². The molecular weight excluding hydrogens is 258 g/mol. The molecule has 3 heteroatoms. The summed E-state index contributed by atoms with van der Waals surface area (Å²) < 4.78 is 26.1. The highest BCUT2D eigenvalue weighted by Crippen LogP contribution is 2.36. The molecule has 110 valence electrons. The van der Waals surface area contributed by atoms with Gasteiger partial charge in [0.05, 0.1) is 0 Å². The highest BCUT2D eigenvalue weighted by molar-refractivity contribution is 5.96. The summed E-state index contributed by atoms with van der Waals surface area (Å²) in [5.41, 5.74) is 0.296. The molecule has 0 saturated heterocycles. The Kier molecular flexibility index (Phi) is 5.27. The van der Waals surface area contributed by atoms with Crippen molar-refractivity contribution < 1.29 is 13.6 Å². The number of carbonyl (C=O) groups excluding carboxylic acids is 1. The molecule has 1 aliphatic carbocycles. The van der Waals surface area contributed by atoms with Crippen molar-refractivity contribution in [1.82, 2.24) is 0 Å². The largest absolute Gasteiger partial charge is 0.294 e. The molecule has 0 spiro atoms. The van der Waals surface area contributed by atoms with Crippen molar-refractivity contribution in [3.63, 3.8) is 0 Å². The molecule has 0 radical (unpaired) electrons. The predicted molar refractivity (Wildman–Crippen MR) is 75.7 cm³/mol. The highest BCUT2D eigenvalue weighted by Gasteiger charge is 2.26. The van der Waals surface area contributed by atoms with Crippen molar-refractivity contribution >= 4 is 5.78 Å². The van der Waals surface area contributed by atoms with Crippen LogP contribution in [-0.4, -0.2) is 5.78 Å². The van der Waals surface area contributed by atoms with Gasteiger partial charge in [0.2, 0.25) is 0 Å². The molecule has 0 bridgehead atoms. The summed E-state index contributed by atoms with van der Waals surface area (Å²) in [5.74, 6) is -0.878. The zero-order chi connectivity index (χ0) is 14.5. The van der Waals surface area contributed by atoms with Crippen LogP contribution < -0.4 is 0 Å². The molecule has 1 nitrogen and oxygen atoms in total. The van der Waals surface area contributed by atoms with Gasteiger partial charge in [-0.3, -0.25) is 4.79 Å². The number of hydrogen-bond acceptors (Lipinski definition) is 1. The molecule has 2 rings (SSSR count). The Labute approximate surface area is 119 Å². The molecule has 2 unspecified atom stereocenters. The minimum absolute atomic E-state index is 0.0584. The van der Waals surface area contributed by atoms with Crippen LogP contribution in [0.25, 0.3) is 0 Å². The van der Waals surface area contributed by atoms with Crippen LogP contribution in [0.4, 0.5) is 8.78 Å². The molecular formula is C17H22F2O. The smallest absolute Gasteiger partial charge is 0.163 e. The second-order valence-corrected chi connectivity index (χ2v) is 5.85. The summed E-state index contributed by atoms with van der Waals surface area (Å²) in [6.45, 7) is 2.17. The fourth-order valence-corrected chi connectivity index (χ4v) is 3.33. The van der Waals surface area contributed by atoms with Crippen LogP contribution >= 0.6 is 0 Å². The molecule has 2 atom stereocenters. The van der Waals surface area contributed by atoms with Crippen LogP contribution in [0.3, 0.4) is 0 Å². The Balaban J connectivity index is 2.03. The average molecular weight is 280 g/mol. The van der Waals surface area contributed by atoms with Gasteiger partial charge >= 0.3 is 0 Å². The number of Topliss-reactive ketones (excluding diaryl/α,β-unsaturated/α-hetero) is 1. The van der Waals surface area contributed by atoms with Gasteiger partial charge in [-0.2, -0.15) is 0 Å². The van der Waals surface area contributed by atoms with Gasteiger partial charge < -0.3 is 0 Å². The molecule has 1 aliphatic rings. The highest BCUT2D eigenvalue weighted by atomic mass is 19.2. The summed E-state index contributed by atoms with van der Waals surface area (Å²) in [4.78, 5) is 12.2. The van der Waals surface area contributed by atoms with E-state index in [1.165, 1.54) is 25.3 Å². The monoisotopic (exact) mass is 280 g/mol. The van der Waals surface area contributed by atoms with E-state index in [9.17, 15) is 13.6 Å². The third-order valence-corrected chi connectivity index (χ3v) is 4.42. The van der Waals surface area contributed by atoms with Crippen LogP contribution in [0.15, 0.2) is 18.2 Å². The molecule has 0 N–H and O–H groups in total. The van der Waals surface area contributed by atoms with E-state index in [4.69, 9.17) is 0 Å². The van der Waals surface area contributed by atoms with E-state index in [-0.39, 0.29) is 5.78 Å². The van der Waals surface area contributed by atoms with Crippen molar-refractivity contribution in [2.75, 3.05) is 0 Å². The van der Waals surface area contributed by atoms with Crippen LogP contribution in [0, 0.1) is 23.5 Å². The third kappa shape index (κ3) is 3.65. The molecule has 0 aliphatic heterocycles. The molecule has 0 amide bonds. The number of rotatable bonds is 5. The maximum absolute atomic E-state index is 13.2. The normalized spacial score (nSPS) is 22.8. The molecule has 0 heterocycles. The Morgan fingerprint density at radius 3 is 2.50 bits per heavy atom. The lowest BCUT2D eigenvalue weighted by molar-refractivity contribution is 0.0916. The minimum atomic E-state index is -0.940. The molecule has 20 heavy (non-hydrogen) atoms. The van der Waals surface area contributed by atoms with Gasteiger partial charge in [-0.05, 0) is 36.5 Å². The Morgan fingerprint density at radius 1 is 1.15 bits per heavy atom.